The molecular weight excluding hydrogens is 568 g/mol. The molecular formula is C34H49ClN2O6. The fraction of sp³-hybridized carbons (Fsp3) is 0.529. The number of alkyl carbamates (subject to hydrolysis) is 1. The van der Waals surface area contributed by atoms with Crippen molar-refractivity contribution in [2.45, 2.75) is 105 Å². The summed E-state index contributed by atoms with van der Waals surface area (Å²) in [6, 6.07) is -0.691. The molecule has 0 fully saturated rings. The van der Waals surface area contributed by atoms with Crippen LogP contribution in [0.2, 0.25) is 0 Å². The summed E-state index contributed by atoms with van der Waals surface area (Å²) in [4.78, 5) is 49.3. The minimum Gasteiger partial charge on any atom is -0.458 e. The van der Waals surface area contributed by atoms with E-state index in [9.17, 15) is 19.2 Å². The Morgan fingerprint density at radius 3 is 2.33 bits per heavy atom. The summed E-state index contributed by atoms with van der Waals surface area (Å²) in [6.07, 6.45) is 16.5. The van der Waals surface area contributed by atoms with Gasteiger partial charge in [0, 0.05) is 54.3 Å². The molecule has 2 N–H and O–H groups in total. The van der Waals surface area contributed by atoms with Crippen molar-refractivity contribution in [3.63, 3.8) is 0 Å². The molecule has 0 aromatic carbocycles. The lowest BCUT2D eigenvalue weighted by Gasteiger charge is -2.25. The van der Waals surface area contributed by atoms with Gasteiger partial charge in [-0.15, -0.1) is 0 Å². The molecule has 0 radical (unpaired) electrons. The van der Waals surface area contributed by atoms with Crippen molar-refractivity contribution in [1.82, 2.24) is 10.6 Å². The van der Waals surface area contributed by atoms with E-state index in [4.69, 9.17) is 21.1 Å². The van der Waals surface area contributed by atoms with Gasteiger partial charge >= 0.3 is 12.1 Å². The van der Waals surface area contributed by atoms with Gasteiger partial charge in [0.15, 0.2) is 5.78 Å². The molecule has 1 aliphatic heterocycles. The summed E-state index contributed by atoms with van der Waals surface area (Å²) < 4.78 is 11.0. The number of carbonyl (C=O) groups excluding carboxylic acids is 4. The fourth-order valence-electron chi connectivity index (χ4n) is 4.21. The second kappa shape index (κ2) is 19.7. The highest BCUT2D eigenvalue weighted by Crippen LogP contribution is 2.22. The van der Waals surface area contributed by atoms with E-state index >= 15 is 0 Å². The Bertz CT molecular complexity index is 1140. The molecule has 0 unspecified atom stereocenters. The first-order valence-electron chi connectivity index (χ1n) is 14.9. The van der Waals surface area contributed by atoms with Crippen molar-refractivity contribution in [1.29, 1.82) is 0 Å². The quantitative estimate of drug-likeness (QED) is 0.0834. The Balaban J connectivity index is 2.65. The van der Waals surface area contributed by atoms with Gasteiger partial charge in [0.05, 0.1) is 6.04 Å². The average Bonchev–Trinajstić information content (AvgIpc) is 2.91. The van der Waals surface area contributed by atoms with E-state index in [0.717, 1.165) is 5.57 Å². The summed E-state index contributed by atoms with van der Waals surface area (Å²) in [7, 11) is 0. The van der Waals surface area contributed by atoms with Crippen LogP contribution in [0.15, 0.2) is 70.9 Å². The molecule has 2 amide bonds. The van der Waals surface area contributed by atoms with Gasteiger partial charge in [0.25, 0.3) is 0 Å². The number of nitrogens with one attached hydrogen (secondary N) is 2. The number of carbonyl (C=O) groups is 4. The van der Waals surface area contributed by atoms with Gasteiger partial charge in [-0.1, -0.05) is 86.6 Å². The molecule has 0 saturated heterocycles. The van der Waals surface area contributed by atoms with E-state index in [1.165, 1.54) is 6.08 Å². The molecule has 0 bridgehead atoms. The molecule has 0 saturated carbocycles. The molecule has 43 heavy (non-hydrogen) atoms. The topological polar surface area (TPSA) is 111 Å². The van der Waals surface area contributed by atoms with Crippen molar-refractivity contribution >= 4 is 35.4 Å². The van der Waals surface area contributed by atoms with Gasteiger partial charge in [-0.2, -0.15) is 0 Å². The number of amides is 2. The van der Waals surface area contributed by atoms with Crippen LogP contribution in [0.1, 0.15) is 81.1 Å². The molecule has 4 atom stereocenters. The number of Topliss-reactive ketones (excluding diaryl/α,β-unsaturated/α-hetero) is 1. The summed E-state index contributed by atoms with van der Waals surface area (Å²) in [5.41, 5.74) is 1.61. The predicted octanol–water partition coefficient (Wildman–Crippen LogP) is 7.03. The van der Waals surface area contributed by atoms with Gasteiger partial charge < -0.3 is 20.1 Å². The molecule has 1 rings (SSSR count). The van der Waals surface area contributed by atoms with E-state index in [0.29, 0.717) is 29.9 Å². The third-order valence-corrected chi connectivity index (χ3v) is 6.76. The predicted molar refractivity (Wildman–Crippen MR) is 172 cm³/mol. The minimum absolute atomic E-state index is 0.0477. The van der Waals surface area contributed by atoms with E-state index < -0.39 is 18.2 Å². The minimum atomic E-state index is -0.644. The maximum atomic E-state index is 12.9. The zero-order valence-corrected chi connectivity index (χ0v) is 27.6. The highest BCUT2D eigenvalue weighted by Gasteiger charge is 2.24. The van der Waals surface area contributed by atoms with Crippen LogP contribution in [-0.4, -0.2) is 48.0 Å². The van der Waals surface area contributed by atoms with E-state index in [1.54, 1.807) is 44.2 Å². The Morgan fingerprint density at radius 1 is 1.05 bits per heavy atom. The Hall–Kier alpha value is -3.39. The molecule has 0 spiro atoms. The highest BCUT2D eigenvalue weighted by molar-refractivity contribution is 6.29. The number of hydrogen-bond donors (Lipinski definition) is 2. The Kier molecular flexibility index (Phi) is 17.3. The highest BCUT2D eigenvalue weighted by atomic mass is 35.5. The molecule has 8 nitrogen and oxygen atoms in total. The van der Waals surface area contributed by atoms with Crippen molar-refractivity contribution < 1.29 is 28.7 Å². The molecule has 0 aliphatic carbocycles. The molecule has 238 valence electrons. The first-order chi connectivity index (χ1) is 20.2. The number of esters is 1. The summed E-state index contributed by atoms with van der Waals surface area (Å²) in [5, 5.41) is 6.11. The fourth-order valence-corrected chi connectivity index (χ4v) is 4.30. The van der Waals surface area contributed by atoms with Crippen molar-refractivity contribution in [2.75, 3.05) is 0 Å². The Morgan fingerprint density at radius 2 is 1.72 bits per heavy atom. The van der Waals surface area contributed by atoms with Crippen LogP contribution in [0.5, 0.6) is 0 Å². The van der Waals surface area contributed by atoms with E-state index in [2.05, 4.69) is 10.6 Å². The van der Waals surface area contributed by atoms with Crippen LogP contribution in [0.4, 0.5) is 4.79 Å². The Labute approximate surface area is 262 Å². The first-order valence-corrected chi connectivity index (χ1v) is 15.3. The number of halogens is 1. The van der Waals surface area contributed by atoms with Gasteiger partial charge in [-0.3, -0.25) is 9.59 Å². The van der Waals surface area contributed by atoms with Crippen LogP contribution in [0.3, 0.4) is 0 Å². The standard InChI is InChI=1S/C34H49ClN2O6/c1-22(2)32(29(38)15-11-10-14-28(19-18-27(8)35)42-34(41)36-23(3)4)37-31(39)16-12-9-13-24(5)21-26(7)30-20-17-25(6)33(40)43-30/h9-13,16-18,21-23,26,28,30,32H,14-15,19-20H2,1-8H3,(H,36,41)(H,37,39)/b11-10-,13-9-,16-12-,24-21+,27-18+/t26-,28-,30-,32-/m0/s1. The maximum absolute atomic E-state index is 12.9. The lowest BCUT2D eigenvalue weighted by Crippen LogP contribution is -2.43. The summed E-state index contributed by atoms with van der Waals surface area (Å²) in [5.74, 6) is -0.798. The zero-order chi connectivity index (χ0) is 32.5. The third kappa shape index (κ3) is 16.1. The lowest BCUT2D eigenvalue weighted by atomic mass is 9.96. The molecule has 0 aromatic heterocycles. The van der Waals surface area contributed by atoms with Crippen molar-refractivity contribution in [2.24, 2.45) is 11.8 Å². The monoisotopic (exact) mass is 616 g/mol. The molecule has 1 heterocycles. The van der Waals surface area contributed by atoms with Crippen LogP contribution in [-0.2, 0) is 23.9 Å². The van der Waals surface area contributed by atoms with Crippen LogP contribution in [0.25, 0.3) is 0 Å². The van der Waals surface area contributed by atoms with E-state index in [-0.39, 0.29) is 48.1 Å². The molecule has 0 aromatic rings. The molecule has 9 heteroatoms. The zero-order valence-electron chi connectivity index (χ0n) is 26.8. The number of allylic oxidation sites excluding steroid dienone is 6. The third-order valence-electron chi connectivity index (χ3n) is 6.61. The van der Waals surface area contributed by atoms with Gasteiger partial charge in [-0.05, 0) is 40.5 Å². The van der Waals surface area contributed by atoms with Crippen molar-refractivity contribution in [3.05, 3.63) is 70.9 Å². The van der Waals surface area contributed by atoms with Crippen LogP contribution in [0, 0.1) is 11.8 Å². The van der Waals surface area contributed by atoms with Gasteiger partial charge in [-0.25, -0.2) is 9.59 Å². The van der Waals surface area contributed by atoms with E-state index in [1.807, 2.05) is 59.8 Å². The number of rotatable bonds is 16. The largest absolute Gasteiger partial charge is 0.458 e. The number of cyclic esters (lactones) is 1. The second-order valence-electron chi connectivity index (χ2n) is 11.5. The van der Waals surface area contributed by atoms with Crippen molar-refractivity contribution in [3.8, 4) is 0 Å². The number of hydrogen-bond acceptors (Lipinski definition) is 6. The molecule has 1 aliphatic rings. The normalized spacial score (nSPS) is 18.6. The maximum Gasteiger partial charge on any atom is 0.407 e. The lowest BCUT2D eigenvalue weighted by molar-refractivity contribution is -0.147. The number of ether oxygens (including phenoxy) is 2. The average molecular weight is 617 g/mol. The summed E-state index contributed by atoms with van der Waals surface area (Å²) in [6.45, 7) is 14.9. The van der Waals surface area contributed by atoms with Gasteiger partial charge in [0.2, 0.25) is 5.91 Å². The number of ketones is 1. The SMILES string of the molecule is CC1=CC[C@@H]([C@@H](C)/C=C(C)/C=C\C=C/C(=O)N[C@H](C(=O)C/C=C\C[C@@H](C/C=C(\C)Cl)OC(=O)NC(C)C)C(C)C)OC1=O. The summed E-state index contributed by atoms with van der Waals surface area (Å²) >= 11 is 5.94. The van der Waals surface area contributed by atoms with Crippen LogP contribution >= 0.6 is 11.6 Å². The second-order valence-corrected chi connectivity index (χ2v) is 12.1. The van der Waals surface area contributed by atoms with Crippen LogP contribution < -0.4 is 10.6 Å². The smallest absolute Gasteiger partial charge is 0.407 e. The first kappa shape index (κ1) is 37.6. The van der Waals surface area contributed by atoms with Gasteiger partial charge in [0.1, 0.15) is 12.2 Å².